The molecule has 3 aromatic rings. The highest BCUT2D eigenvalue weighted by Crippen LogP contribution is 2.27. The Kier molecular flexibility index (Phi) is 4.28. The molecule has 3 heterocycles. The standard InChI is InChI=1S/C19H22N4O2/c1-22-19(24)6-5-14(21-22)13-23-11-8-15(9-12-23)25-18-4-2-3-17-16(18)7-10-20-17/h2-7,10,15,20H,8-9,11-13H2,1H3. The largest absolute Gasteiger partial charge is 0.490 e. The number of benzene rings is 1. The molecule has 2 aromatic heterocycles. The van der Waals surface area contributed by atoms with Crippen molar-refractivity contribution in [1.82, 2.24) is 19.7 Å². The molecule has 0 atom stereocenters. The fraction of sp³-hybridized carbons (Fsp3) is 0.368. The Balaban J connectivity index is 1.36. The molecule has 0 amide bonds. The quantitative estimate of drug-likeness (QED) is 0.793. The lowest BCUT2D eigenvalue weighted by molar-refractivity contribution is 0.0969. The van der Waals surface area contributed by atoms with Gasteiger partial charge in [-0.3, -0.25) is 9.69 Å². The molecule has 0 bridgehead atoms. The van der Waals surface area contributed by atoms with Crippen molar-refractivity contribution in [2.75, 3.05) is 13.1 Å². The van der Waals surface area contributed by atoms with E-state index < -0.39 is 0 Å². The number of aromatic nitrogens is 3. The first kappa shape index (κ1) is 15.9. The summed E-state index contributed by atoms with van der Waals surface area (Å²) < 4.78 is 7.64. The lowest BCUT2D eigenvalue weighted by Gasteiger charge is -2.32. The van der Waals surface area contributed by atoms with E-state index in [1.807, 2.05) is 24.4 Å². The lowest BCUT2D eigenvalue weighted by Crippen LogP contribution is -2.38. The molecule has 0 aliphatic carbocycles. The first-order valence-electron chi connectivity index (χ1n) is 8.67. The van der Waals surface area contributed by atoms with Gasteiger partial charge < -0.3 is 9.72 Å². The number of nitrogens with one attached hydrogen (secondary N) is 1. The van der Waals surface area contributed by atoms with Crippen molar-refractivity contribution >= 4 is 10.9 Å². The van der Waals surface area contributed by atoms with Crippen LogP contribution in [0, 0.1) is 0 Å². The summed E-state index contributed by atoms with van der Waals surface area (Å²) in [5.74, 6) is 0.955. The number of aromatic amines is 1. The van der Waals surface area contributed by atoms with Crippen LogP contribution in [0.15, 0.2) is 47.4 Å². The van der Waals surface area contributed by atoms with Crippen LogP contribution in [-0.2, 0) is 13.6 Å². The minimum Gasteiger partial charge on any atom is -0.490 e. The molecule has 130 valence electrons. The normalized spacial score (nSPS) is 16.4. The highest BCUT2D eigenvalue weighted by atomic mass is 16.5. The predicted octanol–water partition coefficient (Wildman–Crippen LogP) is 2.30. The second-order valence-corrected chi connectivity index (χ2v) is 6.57. The van der Waals surface area contributed by atoms with E-state index >= 15 is 0 Å². The molecule has 1 aromatic carbocycles. The van der Waals surface area contributed by atoms with Crippen molar-refractivity contribution in [3.05, 3.63) is 58.6 Å². The van der Waals surface area contributed by atoms with E-state index in [2.05, 4.69) is 27.1 Å². The van der Waals surface area contributed by atoms with Gasteiger partial charge in [-0.15, -0.1) is 0 Å². The van der Waals surface area contributed by atoms with Crippen LogP contribution < -0.4 is 10.3 Å². The molecule has 1 N–H and O–H groups in total. The Hall–Kier alpha value is -2.60. The van der Waals surface area contributed by atoms with E-state index in [0.29, 0.717) is 0 Å². The zero-order chi connectivity index (χ0) is 17.2. The summed E-state index contributed by atoms with van der Waals surface area (Å²) in [6, 6.07) is 11.6. The van der Waals surface area contributed by atoms with Crippen molar-refractivity contribution in [3.8, 4) is 5.75 Å². The maximum absolute atomic E-state index is 11.4. The van der Waals surface area contributed by atoms with Gasteiger partial charge in [0.05, 0.1) is 5.69 Å². The average Bonchev–Trinajstić information content (AvgIpc) is 3.10. The molecule has 1 saturated heterocycles. The van der Waals surface area contributed by atoms with Crippen LogP contribution >= 0.6 is 0 Å². The Morgan fingerprint density at radius 3 is 2.84 bits per heavy atom. The predicted molar refractivity (Wildman–Crippen MR) is 96.7 cm³/mol. The number of aryl methyl sites for hydroxylation is 1. The van der Waals surface area contributed by atoms with Crippen LogP contribution in [0.1, 0.15) is 18.5 Å². The smallest absolute Gasteiger partial charge is 0.266 e. The number of H-pyrrole nitrogens is 1. The maximum atomic E-state index is 11.4. The average molecular weight is 338 g/mol. The van der Waals surface area contributed by atoms with Crippen LogP contribution in [0.3, 0.4) is 0 Å². The van der Waals surface area contributed by atoms with Crippen molar-refractivity contribution in [2.24, 2.45) is 7.05 Å². The first-order valence-corrected chi connectivity index (χ1v) is 8.67. The van der Waals surface area contributed by atoms with E-state index in [1.165, 1.54) is 4.68 Å². The van der Waals surface area contributed by atoms with Crippen molar-refractivity contribution < 1.29 is 4.74 Å². The first-order chi connectivity index (χ1) is 12.2. The Morgan fingerprint density at radius 1 is 1.20 bits per heavy atom. The van der Waals surface area contributed by atoms with Crippen LogP contribution in [0.2, 0.25) is 0 Å². The van der Waals surface area contributed by atoms with Crippen LogP contribution in [0.4, 0.5) is 0 Å². The van der Waals surface area contributed by atoms with Gasteiger partial charge in [0.2, 0.25) is 0 Å². The number of likely N-dealkylation sites (tertiary alicyclic amines) is 1. The topological polar surface area (TPSA) is 63.1 Å². The monoisotopic (exact) mass is 338 g/mol. The number of fused-ring (bicyclic) bond motifs is 1. The third-order valence-corrected chi connectivity index (χ3v) is 4.78. The molecule has 0 radical (unpaired) electrons. The van der Waals surface area contributed by atoms with Gasteiger partial charge in [0, 0.05) is 49.8 Å². The lowest BCUT2D eigenvalue weighted by atomic mass is 10.1. The summed E-state index contributed by atoms with van der Waals surface area (Å²) >= 11 is 0. The molecule has 4 rings (SSSR count). The van der Waals surface area contributed by atoms with E-state index in [9.17, 15) is 4.79 Å². The summed E-state index contributed by atoms with van der Waals surface area (Å²) in [4.78, 5) is 17.0. The number of piperidine rings is 1. The summed E-state index contributed by atoms with van der Waals surface area (Å²) in [6.07, 6.45) is 4.17. The molecule has 6 nitrogen and oxygen atoms in total. The Morgan fingerprint density at radius 2 is 2.04 bits per heavy atom. The fourth-order valence-corrected chi connectivity index (χ4v) is 3.39. The maximum Gasteiger partial charge on any atom is 0.266 e. The van der Waals surface area contributed by atoms with Gasteiger partial charge in [0.25, 0.3) is 5.56 Å². The zero-order valence-corrected chi connectivity index (χ0v) is 14.3. The highest BCUT2D eigenvalue weighted by molar-refractivity contribution is 5.85. The van der Waals surface area contributed by atoms with E-state index in [1.54, 1.807) is 13.1 Å². The van der Waals surface area contributed by atoms with Crippen LogP contribution in [-0.4, -0.2) is 38.9 Å². The van der Waals surface area contributed by atoms with Crippen LogP contribution in [0.25, 0.3) is 10.9 Å². The molecule has 1 aliphatic heterocycles. The molecule has 0 saturated carbocycles. The van der Waals surface area contributed by atoms with Gasteiger partial charge in [-0.25, -0.2) is 4.68 Å². The fourth-order valence-electron chi connectivity index (χ4n) is 3.39. The minimum absolute atomic E-state index is 0.0743. The summed E-state index contributed by atoms with van der Waals surface area (Å²) in [6.45, 7) is 2.71. The Labute approximate surface area is 146 Å². The van der Waals surface area contributed by atoms with Gasteiger partial charge in [-0.1, -0.05) is 6.07 Å². The van der Waals surface area contributed by atoms with Gasteiger partial charge >= 0.3 is 0 Å². The zero-order valence-electron chi connectivity index (χ0n) is 14.3. The molecule has 6 heteroatoms. The van der Waals surface area contributed by atoms with Crippen LogP contribution in [0.5, 0.6) is 5.75 Å². The number of nitrogens with zero attached hydrogens (tertiary/aromatic N) is 3. The second-order valence-electron chi connectivity index (χ2n) is 6.57. The van der Waals surface area contributed by atoms with Gasteiger partial charge in [-0.2, -0.15) is 5.10 Å². The molecule has 0 unspecified atom stereocenters. The summed E-state index contributed by atoms with van der Waals surface area (Å²) in [5.41, 5.74) is 1.96. The summed E-state index contributed by atoms with van der Waals surface area (Å²) in [7, 11) is 1.69. The SMILES string of the molecule is Cn1nc(CN2CCC(Oc3cccc4[nH]ccc34)CC2)ccc1=O. The second kappa shape index (κ2) is 6.72. The number of rotatable bonds is 4. The number of hydrogen-bond donors (Lipinski definition) is 1. The van der Waals surface area contributed by atoms with E-state index in [4.69, 9.17) is 4.74 Å². The van der Waals surface area contributed by atoms with Gasteiger partial charge in [-0.05, 0) is 37.1 Å². The molecule has 0 spiro atoms. The molecular weight excluding hydrogens is 316 g/mol. The highest BCUT2D eigenvalue weighted by Gasteiger charge is 2.21. The van der Waals surface area contributed by atoms with Crippen molar-refractivity contribution in [3.63, 3.8) is 0 Å². The Bertz CT molecular complexity index is 922. The number of ether oxygens (including phenoxy) is 1. The third-order valence-electron chi connectivity index (χ3n) is 4.78. The van der Waals surface area contributed by atoms with E-state index in [-0.39, 0.29) is 11.7 Å². The third kappa shape index (κ3) is 3.44. The summed E-state index contributed by atoms with van der Waals surface area (Å²) in [5, 5.41) is 5.45. The molecule has 1 aliphatic rings. The van der Waals surface area contributed by atoms with Gasteiger partial charge in [0.15, 0.2) is 0 Å². The molecule has 1 fully saturated rings. The van der Waals surface area contributed by atoms with Crippen molar-refractivity contribution in [2.45, 2.75) is 25.5 Å². The van der Waals surface area contributed by atoms with E-state index in [0.717, 1.165) is 54.8 Å². The minimum atomic E-state index is -0.0743. The molecule has 25 heavy (non-hydrogen) atoms. The van der Waals surface area contributed by atoms with Gasteiger partial charge in [0.1, 0.15) is 11.9 Å². The van der Waals surface area contributed by atoms with Crippen molar-refractivity contribution in [1.29, 1.82) is 0 Å². The molecular formula is C19H22N4O2. The number of hydrogen-bond acceptors (Lipinski definition) is 4.